The Morgan fingerprint density at radius 3 is 2.56 bits per heavy atom. The third kappa shape index (κ3) is 6.24. The van der Waals surface area contributed by atoms with Crippen molar-refractivity contribution in [3.8, 4) is 0 Å². The standard InChI is InChI=1S/C19H37N5.HI/c1-4-20-19(21-11-12-23(3)17-7-5-6-8-17)22-16-13-15(2)24(14-16)18-9-10-18;/h15-18H,4-14H2,1-3H3,(H2,20,21,22);1H. The summed E-state index contributed by atoms with van der Waals surface area (Å²) < 4.78 is 0. The highest BCUT2D eigenvalue weighted by Crippen LogP contribution is 2.33. The Labute approximate surface area is 171 Å². The Bertz CT molecular complexity index is 420. The molecule has 2 unspecified atom stereocenters. The van der Waals surface area contributed by atoms with Crippen LogP contribution in [0.3, 0.4) is 0 Å². The van der Waals surface area contributed by atoms with E-state index in [0.717, 1.165) is 37.7 Å². The van der Waals surface area contributed by atoms with Crippen LogP contribution in [-0.4, -0.2) is 73.2 Å². The lowest BCUT2D eigenvalue weighted by atomic mass is 10.2. The molecule has 146 valence electrons. The molecule has 25 heavy (non-hydrogen) atoms. The summed E-state index contributed by atoms with van der Waals surface area (Å²) in [5, 5.41) is 7.11. The predicted molar refractivity (Wildman–Crippen MR) is 117 cm³/mol. The number of likely N-dealkylation sites (tertiary alicyclic amines) is 1. The fraction of sp³-hybridized carbons (Fsp3) is 0.947. The molecule has 0 spiro atoms. The van der Waals surface area contributed by atoms with Crippen molar-refractivity contribution in [2.24, 2.45) is 4.99 Å². The van der Waals surface area contributed by atoms with Gasteiger partial charge < -0.3 is 15.5 Å². The Morgan fingerprint density at radius 1 is 1.20 bits per heavy atom. The van der Waals surface area contributed by atoms with Crippen LogP contribution in [0.15, 0.2) is 4.99 Å². The lowest BCUT2D eigenvalue weighted by Gasteiger charge is -2.23. The van der Waals surface area contributed by atoms with Gasteiger partial charge >= 0.3 is 0 Å². The van der Waals surface area contributed by atoms with E-state index in [1.165, 1.54) is 51.5 Å². The van der Waals surface area contributed by atoms with E-state index in [4.69, 9.17) is 4.99 Å². The largest absolute Gasteiger partial charge is 0.357 e. The summed E-state index contributed by atoms with van der Waals surface area (Å²) in [5.41, 5.74) is 0. The van der Waals surface area contributed by atoms with E-state index in [0.29, 0.717) is 12.1 Å². The zero-order valence-electron chi connectivity index (χ0n) is 16.3. The molecule has 0 radical (unpaired) electrons. The van der Waals surface area contributed by atoms with Gasteiger partial charge in [-0.25, -0.2) is 0 Å². The first-order valence-electron chi connectivity index (χ1n) is 10.2. The van der Waals surface area contributed by atoms with Crippen molar-refractivity contribution < 1.29 is 0 Å². The second-order valence-corrected chi connectivity index (χ2v) is 8.03. The molecular weight excluding hydrogens is 425 g/mol. The molecule has 1 aliphatic heterocycles. The van der Waals surface area contributed by atoms with Crippen molar-refractivity contribution in [1.29, 1.82) is 0 Å². The summed E-state index contributed by atoms with van der Waals surface area (Å²) in [6.45, 7) is 8.58. The van der Waals surface area contributed by atoms with Crippen molar-refractivity contribution in [1.82, 2.24) is 20.4 Å². The first kappa shape index (κ1) is 21.2. The van der Waals surface area contributed by atoms with E-state index < -0.39 is 0 Å². The second kappa shape index (κ2) is 10.3. The van der Waals surface area contributed by atoms with E-state index in [-0.39, 0.29) is 24.0 Å². The van der Waals surface area contributed by atoms with E-state index in [1.54, 1.807) is 0 Å². The zero-order chi connectivity index (χ0) is 16.9. The van der Waals surface area contributed by atoms with Crippen molar-refractivity contribution in [3.63, 3.8) is 0 Å². The number of hydrogen-bond acceptors (Lipinski definition) is 3. The van der Waals surface area contributed by atoms with Gasteiger partial charge in [0, 0.05) is 43.8 Å². The van der Waals surface area contributed by atoms with Gasteiger partial charge in [0.05, 0.1) is 6.54 Å². The van der Waals surface area contributed by atoms with Gasteiger partial charge in [0.25, 0.3) is 0 Å². The lowest BCUT2D eigenvalue weighted by molar-refractivity contribution is 0.252. The Kier molecular flexibility index (Phi) is 8.75. The molecule has 0 aromatic carbocycles. The molecule has 1 saturated heterocycles. The summed E-state index contributed by atoms with van der Waals surface area (Å²) in [6, 6.07) is 2.92. The van der Waals surface area contributed by atoms with E-state index in [9.17, 15) is 0 Å². The molecule has 6 heteroatoms. The number of hydrogen-bond donors (Lipinski definition) is 2. The summed E-state index contributed by atoms with van der Waals surface area (Å²) in [4.78, 5) is 10.0. The smallest absolute Gasteiger partial charge is 0.191 e. The minimum atomic E-state index is 0. The zero-order valence-corrected chi connectivity index (χ0v) is 18.7. The third-order valence-corrected chi connectivity index (χ3v) is 5.99. The number of likely N-dealkylation sites (N-methyl/N-ethyl adjacent to an activating group) is 1. The SMILES string of the molecule is CCNC(=NCCN(C)C1CCCC1)NC1CC(C)N(C2CC2)C1.I. The molecule has 0 aromatic rings. The van der Waals surface area contributed by atoms with Gasteiger partial charge in [-0.1, -0.05) is 12.8 Å². The summed E-state index contributed by atoms with van der Waals surface area (Å²) >= 11 is 0. The highest BCUT2D eigenvalue weighted by molar-refractivity contribution is 14.0. The normalized spacial score (nSPS) is 28.4. The molecule has 2 saturated carbocycles. The minimum Gasteiger partial charge on any atom is -0.357 e. The van der Waals surface area contributed by atoms with E-state index >= 15 is 0 Å². The topological polar surface area (TPSA) is 42.9 Å². The molecule has 1 heterocycles. The summed E-state index contributed by atoms with van der Waals surface area (Å²) in [7, 11) is 2.26. The molecule has 2 aliphatic carbocycles. The van der Waals surface area contributed by atoms with E-state index in [2.05, 4.69) is 41.3 Å². The number of halogens is 1. The van der Waals surface area contributed by atoms with Crippen LogP contribution in [0, 0.1) is 0 Å². The highest BCUT2D eigenvalue weighted by atomic mass is 127. The summed E-state index contributed by atoms with van der Waals surface area (Å²) in [6.07, 6.45) is 9.59. The Balaban J connectivity index is 0.00000225. The molecule has 2 N–H and O–H groups in total. The third-order valence-electron chi connectivity index (χ3n) is 5.99. The average molecular weight is 463 g/mol. The second-order valence-electron chi connectivity index (χ2n) is 8.03. The summed E-state index contributed by atoms with van der Waals surface area (Å²) in [5.74, 6) is 1.01. The van der Waals surface area contributed by atoms with Crippen LogP contribution >= 0.6 is 24.0 Å². The van der Waals surface area contributed by atoms with Crippen molar-refractivity contribution in [2.75, 3.05) is 33.2 Å². The number of guanidine groups is 1. The fourth-order valence-electron chi connectivity index (χ4n) is 4.44. The number of nitrogens with one attached hydrogen (secondary N) is 2. The van der Waals surface area contributed by atoms with Gasteiger partial charge in [0.1, 0.15) is 0 Å². The van der Waals surface area contributed by atoms with Crippen LogP contribution in [0.1, 0.15) is 58.8 Å². The molecular formula is C19H38IN5. The molecule has 3 fully saturated rings. The van der Waals surface area contributed by atoms with Gasteiger partial charge in [0.2, 0.25) is 0 Å². The molecule has 0 amide bonds. The number of nitrogens with zero attached hydrogens (tertiary/aromatic N) is 3. The van der Waals surface area contributed by atoms with Gasteiger partial charge in [0.15, 0.2) is 5.96 Å². The van der Waals surface area contributed by atoms with Gasteiger partial charge in [-0.05, 0) is 53.0 Å². The lowest BCUT2D eigenvalue weighted by Crippen LogP contribution is -2.45. The minimum absolute atomic E-state index is 0. The monoisotopic (exact) mass is 463 g/mol. The first-order chi connectivity index (χ1) is 11.7. The highest BCUT2D eigenvalue weighted by Gasteiger charge is 2.38. The predicted octanol–water partition coefficient (Wildman–Crippen LogP) is 2.66. The molecule has 0 aromatic heterocycles. The molecule has 3 aliphatic rings. The quantitative estimate of drug-likeness (QED) is 0.346. The van der Waals surface area contributed by atoms with Gasteiger partial charge in [-0.2, -0.15) is 0 Å². The van der Waals surface area contributed by atoms with Crippen LogP contribution in [0.4, 0.5) is 0 Å². The van der Waals surface area contributed by atoms with E-state index in [1.807, 2.05) is 0 Å². The average Bonchev–Trinajstić information content (AvgIpc) is 3.11. The van der Waals surface area contributed by atoms with Crippen LogP contribution in [-0.2, 0) is 0 Å². The molecule has 2 atom stereocenters. The molecule has 0 bridgehead atoms. The van der Waals surface area contributed by atoms with Crippen LogP contribution in [0.25, 0.3) is 0 Å². The van der Waals surface area contributed by atoms with Crippen LogP contribution in [0.2, 0.25) is 0 Å². The van der Waals surface area contributed by atoms with Crippen LogP contribution < -0.4 is 10.6 Å². The number of aliphatic imine (C=N–C) groups is 1. The number of rotatable bonds is 7. The van der Waals surface area contributed by atoms with Crippen molar-refractivity contribution in [3.05, 3.63) is 0 Å². The maximum Gasteiger partial charge on any atom is 0.191 e. The maximum absolute atomic E-state index is 4.83. The first-order valence-corrected chi connectivity index (χ1v) is 10.2. The Hall–Kier alpha value is -0.0800. The molecule has 5 nitrogen and oxygen atoms in total. The Morgan fingerprint density at radius 2 is 1.92 bits per heavy atom. The molecule has 3 rings (SSSR count). The fourth-order valence-corrected chi connectivity index (χ4v) is 4.44. The van der Waals surface area contributed by atoms with Crippen LogP contribution in [0.5, 0.6) is 0 Å². The van der Waals surface area contributed by atoms with Crippen molar-refractivity contribution in [2.45, 2.75) is 83.0 Å². The van der Waals surface area contributed by atoms with Gasteiger partial charge in [-0.3, -0.25) is 9.89 Å². The van der Waals surface area contributed by atoms with Gasteiger partial charge in [-0.15, -0.1) is 24.0 Å². The van der Waals surface area contributed by atoms with Crippen molar-refractivity contribution >= 4 is 29.9 Å². The maximum atomic E-state index is 4.83.